The van der Waals surface area contributed by atoms with Crippen molar-refractivity contribution in [2.24, 2.45) is 5.92 Å². The zero-order valence-electron chi connectivity index (χ0n) is 14.9. The Balaban J connectivity index is 1.65. The fourth-order valence-corrected chi connectivity index (χ4v) is 3.69. The molecule has 1 aromatic heterocycles. The highest BCUT2D eigenvalue weighted by Crippen LogP contribution is 2.22. The smallest absolute Gasteiger partial charge is 0.222 e. The molecular formula is C20H27N3O. The second-order valence-corrected chi connectivity index (χ2v) is 7.23. The molecule has 0 bridgehead atoms. The first-order valence-electron chi connectivity index (χ1n) is 8.85. The second kappa shape index (κ2) is 7.31. The van der Waals surface area contributed by atoms with E-state index >= 15 is 0 Å². The highest BCUT2D eigenvalue weighted by molar-refractivity contribution is 5.81. The van der Waals surface area contributed by atoms with E-state index in [2.05, 4.69) is 55.0 Å². The first-order chi connectivity index (χ1) is 11.5. The lowest BCUT2D eigenvalue weighted by Gasteiger charge is -2.37. The van der Waals surface area contributed by atoms with Gasteiger partial charge in [0.1, 0.15) is 0 Å². The van der Waals surface area contributed by atoms with E-state index in [1.165, 1.54) is 10.9 Å². The highest BCUT2D eigenvalue weighted by Gasteiger charge is 2.27. The number of aromatic nitrogens is 1. The van der Waals surface area contributed by atoms with Crippen molar-refractivity contribution in [2.45, 2.75) is 39.3 Å². The summed E-state index contributed by atoms with van der Waals surface area (Å²) in [5, 5.41) is 1.23. The van der Waals surface area contributed by atoms with Gasteiger partial charge in [-0.15, -0.1) is 0 Å². The fraction of sp³-hybridized carbons (Fsp3) is 0.500. The first kappa shape index (κ1) is 16.9. The minimum absolute atomic E-state index is 0.301. The molecule has 3 rings (SSSR count). The summed E-state index contributed by atoms with van der Waals surface area (Å²) >= 11 is 0. The Hall–Kier alpha value is -1.94. The standard InChI is InChI=1S/C20H27N3O/c1-15(2)23-13-16(9-10-20(23)24)12-22(3)14-17-6-4-8-19-18(17)7-5-11-21-19/h4-8,11,15-16H,9-10,12-14H2,1-3H3. The van der Waals surface area contributed by atoms with Crippen LogP contribution in [0.15, 0.2) is 36.5 Å². The Kier molecular flexibility index (Phi) is 5.14. The summed E-state index contributed by atoms with van der Waals surface area (Å²) < 4.78 is 0. The Morgan fingerprint density at radius 2 is 2.12 bits per heavy atom. The van der Waals surface area contributed by atoms with Crippen LogP contribution in [0.1, 0.15) is 32.3 Å². The average Bonchev–Trinajstić information content (AvgIpc) is 2.56. The van der Waals surface area contributed by atoms with Crippen LogP contribution in [-0.2, 0) is 11.3 Å². The number of hydrogen-bond donors (Lipinski definition) is 0. The summed E-state index contributed by atoms with van der Waals surface area (Å²) in [6, 6.07) is 10.8. The van der Waals surface area contributed by atoms with Crippen LogP contribution in [0.3, 0.4) is 0 Å². The fourth-order valence-electron chi connectivity index (χ4n) is 3.69. The van der Waals surface area contributed by atoms with Crippen LogP contribution in [0.5, 0.6) is 0 Å². The zero-order chi connectivity index (χ0) is 17.1. The molecule has 4 heteroatoms. The molecule has 24 heavy (non-hydrogen) atoms. The van der Waals surface area contributed by atoms with E-state index in [0.717, 1.165) is 31.6 Å². The number of carbonyl (C=O) groups excluding carboxylic acids is 1. The Labute approximate surface area is 144 Å². The van der Waals surface area contributed by atoms with Crippen molar-refractivity contribution in [1.29, 1.82) is 0 Å². The van der Waals surface area contributed by atoms with E-state index in [1.807, 2.05) is 17.2 Å². The van der Waals surface area contributed by atoms with Crippen LogP contribution in [0.25, 0.3) is 10.9 Å². The lowest BCUT2D eigenvalue weighted by Crippen LogP contribution is -2.46. The van der Waals surface area contributed by atoms with Crippen molar-refractivity contribution >= 4 is 16.8 Å². The maximum absolute atomic E-state index is 12.0. The molecule has 2 aromatic rings. The quantitative estimate of drug-likeness (QED) is 0.846. The van der Waals surface area contributed by atoms with Crippen LogP contribution >= 0.6 is 0 Å². The molecule has 0 aliphatic carbocycles. The summed E-state index contributed by atoms with van der Waals surface area (Å²) in [5.41, 5.74) is 2.37. The molecule has 1 aliphatic rings. The van der Waals surface area contributed by atoms with Crippen molar-refractivity contribution in [3.63, 3.8) is 0 Å². The lowest BCUT2D eigenvalue weighted by atomic mass is 9.95. The van der Waals surface area contributed by atoms with Gasteiger partial charge >= 0.3 is 0 Å². The van der Waals surface area contributed by atoms with Crippen molar-refractivity contribution in [3.8, 4) is 0 Å². The second-order valence-electron chi connectivity index (χ2n) is 7.23. The maximum atomic E-state index is 12.0. The summed E-state index contributed by atoms with van der Waals surface area (Å²) in [5.74, 6) is 0.868. The molecule has 1 unspecified atom stereocenters. The molecule has 1 atom stereocenters. The van der Waals surface area contributed by atoms with E-state index in [1.54, 1.807) is 0 Å². The van der Waals surface area contributed by atoms with Crippen LogP contribution in [0.2, 0.25) is 0 Å². The van der Waals surface area contributed by atoms with Gasteiger partial charge in [-0.05, 0) is 50.9 Å². The van der Waals surface area contributed by atoms with Gasteiger partial charge in [0.05, 0.1) is 5.52 Å². The van der Waals surface area contributed by atoms with Crippen molar-refractivity contribution in [2.75, 3.05) is 20.1 Å². The van der Waals surface area contributed by atoms with Gasteiger partial charge in [-0.25, -0.2) is 0 Å². The van der Waals surface area contributed by atoms with E-state index in [-0.39, 0.29) is 0 Å². The molecule has 0 saturated carbocycles. The summed E-state index contributed by atoms with van der Waals surface area (Å²) in [7, 11) is 2.17. The number of rotatable bonds is 5. The molecule has 4 nitrogen and oxygen atoms in total. The third kappa shape index (κ3) is 3.75. The largest absolute Gasteiger partial charge is 0.340 e. The molecule has 1 aliphatic heterocycles. The molecule has 1 amide bonds. The monoisotopic (exact) mass is 325 g/mol. The third-order valence-electron chi connectivity index (χ3n) is 4.91. The van der Waals surface area contributed by atoms with E-state index < -0.39 is 0 Å². The Bertz CT molecular complexity index is 708. The predicted molar refractivity (Wildman–Crippen MR) is 97.7 cm³/mol. The predicted octanol–water partition coefficient (Wildman–Crippen LogP) is 3.31. The molecule has 0 radical (unpaired) electrons. The molecule has 128 valence electrons. The maximum Gasteiger partial charge on any atom is 0.222 e. The zero-order valence-corrected chi connectivity index (χ0v) is 14.9. The SMILES string of the molecule is CC(C)N1CC(CN(C)Cc2cccc3ncccc23)CCC1=O. The number of hydrogen-bond acceptors (Lipinski definition) is 3. The van der Waals surface area contributed by atoms with Gasteiger partial charge in [0, 0.05) is 43.7 Å². The van der Waals surface area contributed by atoms with E-state index in [4.69, 9.17) is 0 Å². The first-order valence-corrected chi connectivity index (χ1v) is 8.85. The van der Waals surface area contributed by atoms with E-state index in [0.29, 0.717) is 24.3 Å². The molecule has 2 heterocycles. The Morgan fingerprint density at radius 1 is 1.29 bits per heavy atom. The minimum atomic E-state index is 0.301. The lowest BCUT2D eigenvalue weighted by molar-refractivity contribution is -0.136. The van der Waals surface area contributed by atoms with Crippen molar-refractivity contribution < 1.29 is 4.79 Å². The molecule has 0 N–H and O–H groups in total. The number of fused-ring (bicyclic) bond motifs is 1. The number of carbonyl (C=O) groups is 1. The third-order valence-corrected chi connectivity index (χ3v) is 4.91. The average molecular weight is 325 g/mol. The number of piperidine rings is 1. The van der Waals surface area contributed by atoms with Crippen LogP contribution < -0.4 is 0 Å². The highest BCUT2D eigenvalue weighted by atomic mass is 16.2. The number of nitrogens with zero attached hydrogens (tertiary/aromatic N) is 3. The molecular weight excluding hydrogens is 298 g/mol. The number of pyridine rings is 1. The van der Waals surface area contributed by atoms with E-state index in [9.17, 15) is 4.79 Å². The molecule has 1 aromatic carbocycles. The minimum Gasteiger partial charge on any atom is -0.340 e. The molecule has 1 saturated heterocycles. The van der Waals surface area contributed by atoms with Gasteiger partial charge in [0.15, 0.2) is 0 Å². The van der Waals surface area contributed by atoms with Gasteiger partial charge in [0.2, 0.25) is 5.91 Å². The van der Waals surface area contributed by atoms with Gasteiger partial charge in [0.25, 0.3) is 0 Å². The van der Waals surface area contributed by atoms with Crippen LogP contribution in [0, 0.1) is 5.92 Å². The van der Waals surface area contributed by atoms with Crippen LogP contribution in [0.4, 0.5) is 0 Å². The van der Waals surface area contributed by atoms with Gasteiger partial charge in [-0.1, -0.05) is 18.2 Å². The number of benzene rings is 1. The van der Waals surface area contributed by atoms with Crippen molar-refractivity contribution in [3.05, 3.63) is 42.1 Å². The van der Waals surface area contributed by atoms with Gasteiger partial charge in [-0.3, -0.25) is 9.78 Å². The number of amides is 1. The van der Waals surface area contributed by atoms with Crippen LogP contribution in [-0.4, -0.2) is 46.9 Å². The normalized spacial score (nSPS) is 18.8. The Morgan fingerprint density at radius 3 is 2.92 bits per heavy atom. The van der Waals surface area contributed by atoms with Crippen molar-refractivity contribution in [1.82, 2.24) is 14.8 Å². The molecule has 1 fully saturated rings. The van der Waals surface area contributed by atoms with Gasteiger partial charge in [-0.2, -0.15) is 0 Å². The summed E-state index contributed by atoms with van der Waals surface area (Å²) in [6.45, 7) is 7.03. The summed E-state index contributed by atoms with van der Waals surface area (Å²) in [6.07, 6.45) is 3.54. The van der Waals surface area contributed by atoms with Gasteiger partial charge < -0.3 is 9.80 Å². The number of likely N-dealkylation sites (tertiary alicyclic amines) is 1. The summed E-state index contributed by atoms with van der Waals surface area (Å²) in [4.78, 5) is 20.9. The topological polar surface area (TPSA) is 36.4 Å². The molecule has 0 spiro atoms.